The molecule has 0 radical (unpaired) electrons. The zero-order chi connectivity index (χ0) is 13.3. The summed E-state index contributed by atoms with van der Waals surface area (Å²) in [5, 5.41) is 0. The minimum atomic E-state index is -0.585. The summed E-state index contributed by atoms with van der Waals surface area (Å²) in [5.41, 5.74) is 0.105. The highest BCUT2D eigenvalue weighted by Gasteiger charge is 2.47. The van der Waals surface area contributed by atoms with Gasteiger partial charge in [0.25, 0.3) is 0 Å². The lowest BCUT2D eigenvalue weighted by molar-refractivity contribution is 0.178. The molecule has 0 aromatic heterocycles. The molecule has 0 bridgehead atoms. The molecule has 19 heavy (non-hydrogen) atoms. The van der Waals surface area contributed by atoms with E-state index in [-0.39, 0.29) is 5.82 Å². The molecule has 2 aliphatic rings. The van der Waals surface area contributed by atoms with Crippen molar-refractivity contribution >= 4 is 6.08 Å². The Bertz CT molecular complexity index is 529. The molecular weight excluding hydrogens is 245 g/mol. The number of hydrogen-bond donors (Lipinski definition) is 0. The van der Waals surface area contributed by atoms with E-state index in [1.54, 1.807) is 12.1 Å². The van der Waals surface area contributed by atoms with E-state index in [2.05, 4.69) is 4.99 Å². The lowest BCUT2D eigenvalue weighted by Crippen LogP contribution is -2.20. The van der Waals surface area contributed by atoms with Gasteiger partial charge < -0.3 is 4.74 Å². The maximum absolute atomic E-state index is 13.4. The Labute approximate surface area is 111 Å². The normalized spacial score (nSPS) is 20.3. The van der Waals surface area contributed by atoms with Crippen molar-refractivity contribution in [3.8, 4) is 5.75 Å². The van der Waals surface area contributed by atoms with E-state index < -0.39 is 5.54 Å². The predicted molar refractivity (Wildman–Crippen MR) is 68.3 cm³/mol. The highest BCUT2D eigenvalue weighted by molar-refractivity contribution is 5.47. The fourth-order valence-corrected chi connectivity index (χ4v) is 2.51. The molecule has 100 valence electrons. The molecule has 0 atom stereocenters. The van der Waals surface area contributed by atoms with Crippen molar-refractivity contribution in [1.29, 1.82) is 0 Å². The lowest BCUT2D eigenvalue weighted by Gasteiger charge is -2.26. The molecule has 2 fully saturated rings. The maximum atomic E-state index is 13.4. The summed E-state index contributed by atoms with van der Waals surface area (Å²) in [6, 6.07) is 4.47. The molecule has 0 aliphatic heterocycles. The number of benzene rings is 1. The number of rotatable bonds is 5. The average Bonchev–Trinajstić information content (AvgIpc) is 3.10. The molecule has 2 saturated carbocycles. The average molecular weight is 261 g/mol. The number of isocyanates is 1. The van der Waals surface area contributed by atoms with Gasteiger partial charge in [-0.3, -0.25) is 0 Å². The molecule has 0 unspecified atom stereocenters. The van der Waals surface area contributed by atoms with Crippen LogP contribution in [0.1, 0.15) is 37.7 Å². The Morgan fingerprint density at radius 2 is 2.21 bits per heavy atom. The van der Waals surface area contributed by atoms with E-state index in [4.69, 9.17) is 4.74 Å². The third-order valence-corrected chi connectivity index (χ3v) is 4.13. The van der Waals surface area contributed by atoms with Gasteiger partial charge in [-0.2, -0.15) is 4.99 Å². The smallest absolute Gasteiger partial charge is 0.235 e. The van der Waals surface area contributed by atoms with Gasteiger partial charge in [-0.25, -0.2) is 9.18 Å². The van der Waals surface area contributed by atoms with Crippen molar-refractivity contribution in [3.63, 3.8) is 0 Å². The summed E-state index contributed by atoms with van der Waals surface area (Å²) in [7, 11) is 0. The van der Waals surface area contributed by atoms with E-state index in [1.165, 1.54) is 31.4 Å². The highest BCUT2D eigenvalue weighted by atomic mass is 19.1. The second-order valence-electron chi connectivity index (χ2n) is 5.48. The number of halogens is 1. The first kappa shape index (κ1) is 12.4. The first-order chi connectivity index (χ1) is 9.23. The van der Waals surface area contributed by atoms with Gasteiger partial charge in [0, 0.05) is 5.56 Å². The van der Waals surface area contributed by atoms with Crippen molar-refractivity contribution in [2.45, 2.75) is 37.6 Å². The molecule has 3 rings (SSSR count). The van der Waals surface area contributed by atoms with Crippen molar-refractivity contribution < 1.29 is 13.9 Å². The van der Waals surface area contributed by atoms with E-state index in [0.29, 0.717) is 23.8 Å². The van der Waals surface area contributed by atoms with Crippen LogP contribution < -0.4 is 4.74 Å². The number of aliphatic imine (C=N–C) groups is 1. The van der Waals surface area contributed by atoms with E-state index in [9.17, 15) is 9.18 Å². The standard InChI is InChI=1S/C15H16FNO2/c16-12-4-5-14(19-9-11-2-1-3-11)13(8-12)15(6-7-15)17-10-18/h4-5,8,11H,1-3,6-7,9H2. The van der Waals surface area contributed by atoms with Gasteiger partial charge in [0.1, 0.15) is 17.1 Å². The van der Waals surface area contributed by atoms with Gasteiger partial charge in [0.2, 0.25) is 6.08 Å². The second-order valence-corrected chi connectivity index (χ2v) is 5.48. The van der Waals surface area contributed by atoms with Crippen LogP contribution in [0.2, 0.25) is 0 Å². The summed E-state index contributed by atoms with van der Waals surface area (Å²) in [4.78, 5) is 14.4. The van der Waals surface area contributed by atoms with Crippen molar-refractivity contribution in [1.82, 2.24) is 0 Å². The summed E-state index contributed by atoms with van der Waals surface area (Å²) in [5.74, 6) is 0.950. The zero-order valence-corrected chi connectivity index (χ0v) is 10.7. The summed E-state index contributed by atoms with van der Waals surface area (Å²) >= 11 is 0. The monoisotopic (exact) mass is 261 g/mol. The van der Waals surface area contributed by atoms with Gasteiger partial charge in [-0.1, -0.05) is 6.42 Å². The van der Waals surface area contributed by atoms with Crippen molar-refractivity contribution in [3.05, 3.63) is 29.6 Å². The van der Waals surface area contributed by atoms with Gasteiger partial charge in [-0.05, 0) is 49.8 Å². The van der Waals surface area contributed by atoms with E-state index in [0.717, 1.165) is 12.8 Å². The maximum Gasteiger partial charge on any atom is 0.235 e. The molecule has 0 spiro atoms. The number of carbonyl (C=O) groups excluding carboxylic acids is 1. The van der Waals surface area contributed by atoms with E-state index >= 15 is 0 Å². The van der Waals surface area contributed by atoms with Crippen LogP contribution in [0, 0.1) is 11.7 Å². The third-order valence-electron chi connectivity index (χ3n) is 4.13. The zero-order valence-electron chi connectivity index (χ0n) is 10.7. The van der Waals surface area contributed by atoms with Gasteiger partial charge in [0.05, 0.1) is 6.61 Å². The summed E-state index contributed by atoms with van der Waals surface area (Å²) in [6.45, 7) is 0.666. The van der Waals surface area contributed by atoms with Crippen LogP contribution >= 0.6 is 0 Å². The van der Waals surface area contributed by atoms with Gasteiger partial charge in [-0.15, -0.1) is 0 Å². The molecule has 2 aliphatic carbocycles. The molecule has 3 nitrogen and oxygen atoms in total. The number of hydrogen-bond acceptors (Lipinski definition) is 3. The van der Waals surface area contributed by atoms with Crippen LogP contribution in [0.25, 0.3) is 0 Å². The fourth-order valence-electron chi connectivity index (χ4n) is 2.51. The Morgan fingerprint density at radius 3 is 2.79 bits per heavy atom. The Kier molecular flexibility index (Phi) is 3.11. The van der Waals surface area contributed by atoms with Crippen LogP contribution in [-0.4, -0.2) is 12.7 Å². The largest absolute Gasteiger partial charge is 0.493 e. The fraction of sp³-hybridized carbons (Fsp3) is 0.533. The minimum absolute atomic E-state index is 0.321. The molecule has 0 heterocycles. The number of ether oxygens (including phenoxy) is 1. The lowest BCUT2D eigenvalue weighted by atomic mass is 9.86. The molecule has 0 N–H and O–H groups in total. The van der Waals surface area contributed by atoms with Crippen LogP contribution in [0.4, 0.5) is 4.39 Å². The van der Waals surface area contributed by atoms with Crippen molar-refractivity contribution in [2.75, 3.05) is 6.61 Å². The predicted octanol–water partition coefficient (Wildman–Crippen LogP) is 3.33. The van der Waals surface area contributed by atoms with E-state index in [1.807, 2.05) is 0 Å². The topological polar surface area (TPSA) is 38.7 Å². The summed E-state index contributed by atoms with van der Waals surface area (Å²) in [6.07, 6.45) is 6.78. The molecule has 1 aromatic rings. The van der Waals surface area contributed by atoms with Crippen LogP contribution in [0.3, 0.4) is 0 Å². The quantitative estimate of drug-likeness (QED) is 0.602. The molecule has 1 aromatic carbocycles. The Hall–Kier alpha value is -1.67. The summed E-state index contributed by atoms with van der Waals surface area (Å²) < 4.78 is 19.2. The highest BCUT2D eigenvalue weighted by Crippen LogP contribution is 2.52. The first-order valence-corrected chi connectivity index (χ1v) is 6.75. The minimum Gasteiger partial charge on any atom is -0.493 e. The van der Waals surface area contributed by atoms with Gasteiger partial charge in [0.15, 0.2) is 0 Å². The Balaban J connectivity index is 1.84. The molecular formula is C15H16FNO2. The van der Waals surface area contributed by atoms with Gasteiger partial charge >= 0.3 is 0 Å². The van der Waals surface area contributed by atoms with Crippen LogP contribution in [0.15, 0.2) is 23.2 Å². The SMILES string of the molecule is O=C=NC1(c2cc(F)ccc2OCC2CCC2)CC1. The first-order valence-electron chi connectivity index (χ1n) is 6.75. The molecule has 0 amide bonds. The third kappa shape index (κ3) is 2.41. The van der Waals surface area contributed by atoms with Crippen LogP contribution in [-0.2, 0) is 10.3 Å². The number of nitrogens with zero attached hydrogens (tertiary/aromatic N) is 1. The van der Waals surface area contributed by atoms with Crippen molar-refractivity contribution in [2.24, 2.45) is 10.9 Å². The molecule has 0 saturated heterocycles. The Morgan fingerprint density at radius 1 is 1.42 bits per heavy atom. The second kappa shape index (κ2) is 4.78. The molecule has 4 heteroatoms. The van der Waals surface area contributed by atoms with Crippen LogP contribution in [0.5, 0.6) is 5.75 Å².